The van der Waals surface area contributed by atoms with Crippen molar-refractivity contribution in [3.05, 3.63) is 76.3 Å². The first-order chi connectivity index (χ1) is 15.3. The highest BCUT2D eigenvalue weighted by Crippen LogP contribution is 2.27. The number of carbonyl (C=O) groups excluding carboxylic acids is 1. The molecular formula is C24H26FN3O4. The summed E-state index contributed by atoms with van der Waals surface area (Å²) in [6.45, 7) is 3.62. The quantitative estimate of drug-likeness (QED) is 0.583. The van der Waals surface area contributed by atoms with Gasteiger partial charge in [0.25, 0.3) is 5.56 Å². The van der Waals surface area contributed by atoms with Crippen LogP contribution in [0.4, 0.5) is 4.39 Å². The Kier molecular flexibility index (Phi) is 6.92. The fraction of sp³-hybridized carbons (Fsp3) is 0.292. The number of halogens is 1. The van der Waals surface area contributed by atoms with E-state index in [2.05, 4.69) is 10.4 Å². The largest absolute Gasteiger partial charge is 0.493 e. The predicted octanol–water partition coefficient (Wildman–Crippen LogP) is 3.16. The fourth-order valence-corrected chi connectivity index (χ4v) is 3.26. The van der Waals surface area contributed by atoms with Crippen LogP contribution in [0.25, 0.3) is 11.3 Å². The highest BCUT2D eigenvalue weighted by Gasteiger charge is 2.32. The summed E-state index contributed by atoms with van der Waals surface area (Å²) in [4.78, 5) is 25.4. The molecule has 7 nitrogen and oxygen atoms in total. The predicted molar refractivity (Wildman–Crippen MR) is 119 cm³/mol. The van der Waals surface area contributed by atoms with Gasteiger partial charge in [-0.2, -0.15) is 5.10 Å². The Bertz CT molecular complexity index is 1160. The smallest absolute Gasteiger partial charge is 0.267 e. The average Bonchev–Trinajstić information content (AvgIpc) is 2.79. The van der Waals surface area contributed by atoms with Crippen molar-refractivity contribution >= 4 is 5.91 Å². The van der Waals surface area contributed by atoms with Gasteiger partial charge in [-0.25, -0.2) is 9.07 Å². The molecule has 0 aliphatic rings. The molecule has 0 aliphatic carbocycles. The molecule has 1 aromatic heterocycles. The summed E-state index contributed by atoms with van der Waals surface area (Å²) in [6.07, 6.45) is 0.570. The molecular weight excluding hydrogens is 413 g/mol. The first-order valence-electron chi connectivity index (χ1n) is 10.1. The Balaban J connectivity index is 1.73. The molecule has 1 amide bonds. The maximum Gasteiger partial charge on any atom is 0.267 e. The highest BCUT2D eigenvalue weighted by molar-refractivity contribution is 5.83. The molecule has 1 heterocycles. The number of aromatic nitrogens is 2. The second-order valence-corrected chi connectivity index (χ2v) is 7.73. The molecule has 0 aliphatic heterocycles. The number of amides is 1. The number of ether oxygens (including phenoxy) is 2. The molecule has 0 radical (unpaired) electrons. The van der Waals surface area contributed by atoms with Gasteiger partial charge < -0.3 is 14.8 Å². The van der Waals surface area contributed by atoms with Gasteiger partial charge >= 0.3 is 0 Å². The third-order valence-electron chi connectivity index (χ3n) is 5.17. The molecule has 2 aromatic carbocycles. The first kappa shape index (κ1) is 23.0. The monoisotopic (exact) mass is 439 g/mol. The number of methoxy groups -OCH3 is 2. The molecule has 1 N–H and O–H groups in total. The topological polar surface area (TPSA) is 82.5 Å². The molecule has 0 unspecified atom stereocenters. The fourth-order valence-electron chi connectivity index (χ4n) is 3.26. The van der Waals surface area contributed by atoms with E-state index >= 15 is 0 Å². The maximum absolute atomic E-state index is 13.2. The minimum Gasteiger partial charge on any atom is -0.493 e. The lowest BCUT2D eigenvalue weighted by molar-refractivity contribution is -0.128. The molecule has 0 spiro atoms. The summed E-state index contributed by atoms with van der Waals surface area (Å²) in [5, 5.41) is 7.23. The second-order valence-electron chi connectivity index (χ2n) is 7.73. The van der Waals surface area contributed by atoms with Gasteiger partial charge in [-0.15, -0.1) is 0 Å². The number of benzene rings is 2. The van der Waals surface area contributed by atoms with Crippen LogP contribution in [-0.2, 0) is 16.8 Å². The first-order valence-corrected chi connectivity index (χ1v) is 10.1. The van der Waals surface area contributed by atoms with Crippen LogP contribution in [0.15, 0.2) is 59.4 Å². The average molecular weight is 439 g/mol. The molecule has 32 heavy (non-hydrogen) atoms. The SMILES string of the molecule is COc1ccc(CCNC(=O)C(C)(C)n2nc(-c3ccc(F)cc3)ccc2=O)cc1OC. The van der Waals surface area contributed by atoms with Gasteiger partial charge in [0.1, 0.15) is 11.4 Å². The highest BCUT2D eigenvalue weighted by atomic mass is 19.1. The van der Waals surface area contributed by atoms with E-state index in [0.717, 1.165) is 10.2 Å². The molecule has 3 aromatic rings. The van der Waals surface area contributed by atoms with Gasteiger partial charge in [0, 0.05) is 18.2 Å². The van der Waals surface area contributed by atoms with Gasteiger partial charge in [-0.05, 0) is 68.3 Å². The van der Waals surface area contributed by atoms with E-state index in [1.165, 1.54) is 18.2 Å². The third-order valence-corrected chi connectivity index (χ3v) is 5.17. The van der Waals surface area contributed by atoms with Crippen LogP contribution < -0.4 is 20.3 Å². The summed E-state index contributed by atoms with van der Waals surface area (Å²) in [5.74, 6) is 0.540. The van der Waals surface area contributed by atoms with E-state index in [4.69, 9.17) is 9.47 Å². The summed E-state index contributed by atoms with van der Waals surface area (Å²) in [7, 11) is 3.14. The summed E-state index contributed by atoms with van der Waals surface area (Å²) in [5.41, 5.74) is 0.441. The summed E-state index contributed by atoms with van der Waals surface area (Å²) in [6, 6.07) is 14.2. The van der Waals surface area contributed by atoms with E-state index < -0.39 is 11.1 Å². The molecule has 0 saturated heterocycles. The third kappa shape index (κ3) is 4.96. The van der Waals surface area contributed by atoms with Gasteiger partial charge in [-0.1, -0.05) is 6.07 Å². The molecule has 0 fully saturated rings. The van der Waals surface area contributed by atoms with E-state index in [9.17, 15) is 14.0 Å². The normalized spacial score (nSPS) is 11.2. The Labute approximate surface area is 185 Å². The van der Waals surface area contributed by atoms with Crippen molar-refractivity contribution in [2.45, 2.75) is 25.8 Å². The van der Waals surface area contributed by atoms with Crippen LogP contribution in [0.2, 0.25) is 0 Å². The Morgan fingerprint density at radius 3 is 2.38 bits per heavy atom. The Morgan fingerprint density at radius 2 is 1.72 bits per heavy atom. The molecule has 0 atom stereocenters. The standard InChI is InChI=1S/C24H26FN3O4/c1-24(2,23(30)26-14-13-16-5-11-20(31-3)21(15-16)32-4)28-22(29)12-10-19(27-28)17-6-8-18(25)9-7-17/h5-12,15H,13-14H2,1-4H3,(H,26,30). The van der Waals surface area contributed by atoms with Crippen molar-refractivity contribution in [1.82, 2.24) is 15.1 Å². The minimum atomic E-state index is -1.23. The van der Waals surface area contributed by atoms with Crippen LogP contribution in [0, 0.1) is 5.82 Å². The molecule has 0 bridgehead atoms. The molecule has 8 heteroatoms. The Morgan fingerprint density at radius 1 is 1.03 bits per heavy atom. The van der Waals surface area contributed by atoms with Crippen molar-refractivity contribution < 1.29 is 18.7 Å². The van der Waals surface area contributed by atoms with Crippen LogP contribution in [0.3, 0.4) is 0 Å². The van der Waals surface area contributed by atoms with Crippen molar-refractivity contribution in [1.29, 1.82) is 0 Å². The van der Waals surface area contributed by atoms with E-state index in [-0.39, 0.29) is 11.7 Å². The lowest BCUT2D eigenvalue weighted by atomic mass is 10.0. The van der Waals surface area contributed by atoms with Crippen LogP contribution in [0.1, 0.15) is 19.4 Å². The molecule has 0 saturated carbocycles. The lowest BCUT2D eigenvalue weighted by Crippen LogP contribution is -2.50. The van der Waals surface area contributed by atoms with E-state index in [1.807, 2.05) is 18.2 Å². The van der Waals surface area contributed by atoms with Crippen molar-refractivity contribution in [3.63, 3.8) is 0 Å². The maximum atomic E-state index is 13.2. The van der Waals surface area contributed by atoms with Crippen molar-refractivity contribution in [2.24, 2.45) is 0 Å². The van der Waals surface area contributed by atoms with Crippen LogP contribution in [0.5, 0.6) is 11.5 Å². The number of hydrogen-bond acceptors (Lipinski definition) is 5. The van der Waals surface area contributed by atoms with E-state index in [0.29, 0.717) is 35.7 Å². The lowest BCUT2D eigenvalue weighted by Gasteiger charge is -2.25. The number of hydrogen-bond donors (Lipinski definition) is 1. The van der Waals surface area contributed by atoms with Gasteiger partial charge in [0.15, 0.2) is 11.5 Å². The van der Waals surface area contributed by atoms with Crippen molar-refractivity contribution in [3.8, 4) is 22.8 Å². The zero-order valence-electron chi connectivity index (χ0n) is 18.5. The number of rotatable bonds is 8. The summed E-state index contributed by atoms with van der Waals surface area (Å²) < 4.78 is 24.9. The number of nitrogens with one attached hydrogen (secondary N) is 1. The zero-order chi connectivity index (χ0) is 23.3. The molecule has 3 rings (SSSR count). The Hall–Kier alpha value is -3.68. The van der Waals surface area contributed by atoms with E-state index in [1.54, 1.807) is 46.3 Å². The minimum absolute atomic E-state index is 0.344. The number of carbonyl (C=O) groups is 1. The molecule has 168 valence electrons. The van der Waals surface area contributed by atoms with Gasteiger partial charge in [0.2, 0.25) is 5.91 Å². The number of nitrogens with zero attached hydrogens (tertiary/aromatic N) is 2. The van der Waals surface area contributed by atoms with Crippen molar-refractivity contribution in [2.75, 3.05) is 20.8 Å². The van der Waals surface area contributed by atoms with Gasteiger partial charge in [0.05, 0.1) is 19.9 Å². The zero-order valence-corrected chi connectivity index (χ0v) is 18.5. The van der Waals surface area contributed by atoms with Gasteiger partial charge in [-0.3, -0.25) is 9.59 Å². The summed E-state index contributed by atoms with van der Waals surface area (Å²) >= 11 is 0. The second kappa shape index (κ2) is 9.64. The van der Waals surface area contributed by atoms with Crippen LogP contribution in [-0.4, -0.2) is 36.5 Å². The van der Waals surface area contributed by atoms with Crippen LogP contribution >= 0.6 is 0 Å².